The summed E-state index contributed by atoms with van der Waals surface area (Å²) in [5.74, 6) is -8.74. The lowest BCUT2D eigenvalue weighted by atomic mass is 10.1. The molecule has 0 spiro atoms. The van der Waals surface area contributed by atoms with E-state index in [2.05, 4.69) is 4.98 Å². The minimum Gasteiger partial charge on any atom is -0.504 e. The molecule has 0 aliphatic heterocycles. The van der Waals surface area contributed by atoms with Crippen molar-refractivity contribution < 1.29 is 40.9 Å². The summed E-state index contributed by atoms with van der Waals surface area (Å²) < 4.78 is 0. The number of aromatic hydroxyl groups is 5. The molecule has 0 aliphatic carbocycles. The number of aromatic nitrogens is 1. The minimum atomic E-state index is -3.26. The van der Waals surface area contributed by atoms with E-state index in [0.29, 0.717) is 0 Å². The van der Waals surface area contributed by atoms with E-state index < -0.39 is 63.2 Å². The van der Waals surface area contributed by atoms with Crippen LogP contribution in [-0.2, 0) is 6.42 Å². The number of benzene rings is 1. The third-order valence-electron chi connectivity index (χ3n) is 2.81. The number of aliphatic hydroxyl groups is 3. The molecule has 0 amide bonds. The monoisotopic (exact) mass is 301 g/mol. The zero-order chi connectivity index (χ0) is 16.1. The van der Waals surface area contributed by atoms with Crippen LogP contribution >= 0.6 is 0 Å². The van der Waals surface area contributed by atoms with E-state index in [0.717, 1.165) is 0 Å². The third-order valence-corrected chi connectivity index (χ3v) is 2.81. The maximum absolute atomic E-state index is 11.9. The van der Waals surface area contributed by atoms with Gasteiger partial charge in [-0.1, -0.05) is 0 Å². The maximum atomic E-state index is 11.9. The quantitative estimate of drug-likeness (QED) is 0.175. The number of phenols is 4. The van der Waals surface area contributed by atoms with Crippen molar-refractivity contribution in [3.63, 3.8) is 0 Å². The van der Waals surface area contributed by atoms with Crippen molar-refractivity contribution in [2.45, 2.75) is 12.4 Å². The highest BCUT2D eigenvalue weighted by Gasteiger charge is 2.27. The Morgan fingerprint density at radius 3 is 1.86 bits per heavy atom. The molecule has 10 nitrogen and oxygen atoms in total. The van der Waals surface area contributed by atoms with Gasteiger partial charge in [0, 0.05) is 0 Å². The SMILES string of the molecule is O=c1c(O)c(CC(O)(O)O)[nH]c2c(O)c(O)c(O)c(O)c12. The van der Waals surface area contributed by atoms with Crippen molar-refractivity contribution in [1.29, 1.82) is 0 Å². The van der Waals surface area contributed by atoms with Gasteiger partial charge in [0.15, 0.2) is 17.2 Å². The lowest BCUT2D eigenvalue weighted by molar-refractivity contribution is -0.310. The van der Waals surface area contributed by atoms with Crippen LogP contribution in [0.3, 0.4) is 0 Å². The van der Waals surface area contributed by atoms with Crippen molar-refractivity contribution in [3.05, 3.63) is 15.9 Å². The largest absolute Gasteiger partial charge is 0.504 e. The molecule has 0 saturated carbocycles. The smallest absolute Gasteiger partial charge is 0.281 e. The molecule has 9 N–H and O–H groups in total. The van der Waals surface area contributed by atoms with E-state index in [1.165, 1.54) is 0 Å². The summed E-state index contributed by atoms with van der Waals surface area (Å²) in [4.78, 5) is 14.1. The highest BCUT2D eigenvalue weighted by Crippen LogP contribution is 2.47. The van der Waals surface area contributed by atoms with Gasteiger partial charge in [-0.15, -0.1) is 0 Å². The summed E-state index contributed by atoms with van der Waals surface area (Å²) in [5, 5.41) is 73.4. The molecule has 0 fully saturated rings. The highest BCUT2D eigenvalue weighted by atomic mass is 16.7. The Bertz CT molecular complexity index is 787. The Labute approximate surface area is 115 Å². The summed E-state index contributed by atoms with van der Waals surface area (Å²) in [5.41, 5.74) is -2.43. The molecule has 0 atom stereocenters. The van der Waals surface area contributed by atoms with Crippen LogP contribution in [0.5, 0.6) is 28.7 Å². The summed E-state index contributed by atoms with van der Waals surface area (Å²) >= 11 is 0. The molecule has 2 aromatic rings. The van der Waals surface area contributed by atoms with E-state index in [1.807, 2.05) is 0 Å². The first-order valence-electron chi connectivity index (χ1n) is 5.45. The minimum absolute atomic E-state index is 0.579. The van der Waals surface area contributed by atoms with Crippen LogP contribution in [-0.4, -0.2) is 51.8 Å². The van der Waals surface area contributed by atoms with Gasteiger partial charge in [0.1, 0.15) is 5.52 Å². The molecular weight excluding hydrogens is 290 g/mol. The van der Waals surface area contributed by atoms with Gasteiger partial charge < -0.3 is 45.8 Å². The number of hydrogen-bond acceptors (Lipinski definition) is 9. The Hall–Kier alpha value is -2.69. The first kappa shape index (κ1) is 14.7. The zero-order valence-electron chi connectivity index (χ0n) is 10.2. The lowest BCUT2D eigenvalue weighted by Crippen LogP contribution is -2.31. The predicted octanol–water partition coefficient (Wildman–Crippen LogP) is -1.77. The zero-order valence-corrected chi connectivity index (χ0v) is 10.2. The predicted molar refractivity (Wildman–Crippen MR) is 66.0 cm³/mol. The number of H-pyrrole nitrogens is 1. The van der Waals surface area contributed by atoms with Crippen LogP contribution in [0, 0.1) is 0 Å². The number of nitrogens with one attached hydrogen (secondary N) is 1. The fourth-order valence-corrected chi connectivity index (χ4v) is 1.87. The van der Waals surface area contributed by atoms with Gasteiger partial charge in [-0.2, -0.15) is 0 Å². The van der Waals surface area contributed by atoms with Gasteiger partial charge >= 0.3 is 0 Å². The van der Waals surface area contributed by atoms with Crippen molar-refractivity contribution in [1.82, 2.24) is 4.98 Å². The third kappa shape index (κ3) is 2.27. The van der Waals surface area contributed by atoms with E-state index in [-0.39, 0.29) is 0 Å². The van der Waals surface area contributed by atoms with Crippen molar-refractivity contribution in [2.75, 3.05) is 0 Å². The normalized spacial score (nSPS) is 12.0. The van der Waals surface area contributed by atoms with Gasteiger partial charge in [-0.05, 0) is 0 Å². The van der Waals surface area contributed by atoms with Gasteiger partial charge in [-0.3, -0.25) is 4.79 Å². The Balaban J connectivity index is 2.92. The molecular formula is C11H11NO9. The Kier molecular flexibility index (Phi) is 3.09. The molecule has 1 aromatic heterocycles. The summed E-state index contributed by atoms with van der Waals surface area (Å²) in [6.07, 6.45) is -1.04. The number of fused-ring (bicyclic) bond motifs is 1. The molecule has 0 radical (unpaired) electrons. The second-order valence-electron chi connectivity index (χ2n) is 4.38. The van der Waals surface area contributed by atoms with Gasteiger partial charge in [0.25, 0.3) is 5.97 Å². The number of hydrogen-bond donors (Lipinski definition) is 9. The average Bonchev–Trinajstić information content (AvgIpc) is 2.37. The number of rotatable bonds is 2. The number of pyridine rings is 1. The average molecular weight is 301 g/mol. The first-order chi connectivity index (χ1) is 9.54. The highest BCUT2D eigenvalue weighted by molar-refractivity contribution is 5.95. The molecule has 2 rings (SSSR count). The van der Waals surface area contributed by atoms with E-state index in [4.69, 9.17) is 15.3 Å². The van der Waals surface area contributed by atoms with Gasteiger partial charge in [-0.25, -0.2) is 0 Å². The molecule has 0 saturated heterocycles. The van der Waals surface area contributed by atoms with Crippen LogP contribution in [0.1, 0.15) is 5.69 Å². The number of phenolic OH excluding ortho intramolecular Hbond substituents is 4. The second kappa shape index (κ2) is 4.41. The van der Waals surface area contributed by atoms with E-state index in [9.17, 15) is 30.3 Å². The Morgan fingerprint density at radius 1 is 0.810 bits per heavy atom. The molecule has 0 unspecified atom stereocenters. The van der Waals surface area contributed by atoms with Crippen LogP contribution < -0.4 is 5.43 Å². The molecule has 114 valence electrons. The molecule has 10 heteroatoms. The van der Waals surface area contributed by atoms with Crippen LogP contribution in [0.25, 0.3) is 10.9 Å². The summed E-state index contributed by atoms with van der Waals surface area (Å²) in [7, 11) is 0. The summed E-state index contributed by atoms with van der Waals surface area (Å²) in [6, 6.07) is 0. The van der Waals surface area contributed by atoms with Crippen molar-refractivity contribution in [3.8, 4) is 28.7 Å². The van der Waals surface area contributed by atoms with Crippen LogP contribution in [0.2, 0.25) is 0 Å². The molecule has 1 aromatic carbocycles. The topological polar surface area (TPSA) is 195 Å². The molecule has 0 aliphatic rings. The van der Waals surface area contributed by atoms with Gasteiger partial charge in [0.05, 0.1) is 17.5 Å². The van der Waals surface area contributed by atoms with Crippen LogP contribution in [0.15, 0.2) is 4.79 Å². The van der Waals surface area contributed by atoms with Crippen molar-refractivity contribution in [2.24, 2.45) is 0 Å². The molecule has 21 heavy (non-hydrogen) atoms. The Morgan fingerprint density at radius 2 is 1.33 bits per heavy atom. The maximum Gasteiger partial charge on any atom is 0.281 e. The standard InChI is InChI=1S/C11H11NO9/c13-5-2(1-11(19,20)21)12-4-3(6(5)14)7(15)9(17)10(18)8(4)16/h13,15-21H,1H2,(H,12,14). The van der Waals surface area contributed by atoms with Crippen LogP contribution in [0.4, 0.5) is 0 Å². The fraction of sp³-hybridized carbons (Fsp3) is 0.182. The fourth-order valence-electron chi connectivity index (χ4n) is 1.87. The summed E-state index contributed by atoms with van der Waals surface area (Å²) in [6.45, 7) is 0. The molecule has 1 heterocycles. The second-order valence-corrected chi connectivity index (χ2v) is 4.38. The van der Waals surface area contributed by atoms with Crippen molar-refractivity contribution >= 4 is 10.9 Å². The number of aromatic amines is 1. The first-order valence-corrected chi connectivity index (χ1v) is 5.45. The van der Waals surface area contributed by atoms with E-state index >= 15 is 0 Å². The lowest BCUT2D eigenvalue weighted by Gasteiger charge is -2.16. The van der Waals surface area contributed by atoms with E-state index in [1.54, 1.807) is 0 Å². The molecule has 0 bridgehead atoms. The van der Waals surface area contributed by atoms with Gasteiger partial charge in [0.2, 0.25) is 16.9 Å².